The Bertz CT molecular complexity index is 1080. The molecule has 0 saturated carbocycles. The van der Waals surface area contributed by atoms with E-state index in [9.17, 15) is 18.8 Å². The van der Waals surface area contributed by atoms with E-state index in [2.05, 4.69) is 15.6 Å². The summed E-state index contributed by atoms with van der Waals surface area (Å²) >= 11 is 1.01. The first-order valence-corrected chi connectivity index (χ1v) is 10.8. The summed E-state index contributed by atoms with van der Waals surface area (Å²) in [7, 11) is 0. The minimum atomic E-state index is -0.604. The van der Waals surface area contributed by atoms with Crippen molar-refractivity contribution in [3.63, 3.8) is 0 Å². The molecule has 0 fully saturated rings. The first kappa shape index (κ1) is 23.2. The molecule has 2 aromatic rings. The van der Waals surface area contributed by atoms with Crippen LogP contribution in [0.3, 0.4) is 0 Å². The highest BCUT2D eigenvalue weighted by atomic mass is 32.2. The molecule has 0 unspecified atom stereocenters. The number of carbonyl (C=O) groups is 3. The molecule has 7 nitrogen and oxygen atoms in total. The summed E-state index contributed by atoms with van der Waals surface area (Å²) in [6, 6.07) is 14.0. The second kappa shape index (κ2) is 9.78. The number of thioether (sulfide) groups is 1. The number of amides is 4. The topological polar surface area (TPSA) is 90.9 Å². The van der Waals surface area contributed by atoms with Crippen LogP contribution in [0.25, 0.3) is 6.08 Å². The van der Waals surface area contributed by atoms with Crippen molar-refractivity contribution in [2.24, 2.45) is 4.99 Å². The maximum absolute atomic E-state index is 13.4. The summed E-state index contributed by atoms with van der Waals surface area (Å²) in [5.74, 6) is -1.50. The van der Waals surface area contributed by atoms with Gasteiger partial charge in [-0.05, 0) is 56.7 Å². The van der Waals surface area contributed by atoms with Crippen LogP contribution >= 0.6 is 11.8 Å². The Morgan fingerprint density at radius 1 is 1.09 bits per heavy atom. The molecule has 166 valence electrons. The summed E-state index contributed by atoms with van der Waals surface area (Å²) in [5.41, 5.74) is 0.913. The predicted molar refractivity (Wildman–Crippen MR) is 125 cm³/mol. The van der Waals surface area contributed by atoms with E-state index >= 15 is 0 Å². The number of hydrogen-bond donors (Lipinski definition) is 2. The third-order valence-corrected chi connectivity index (χ3v) is 5.03. The number of urea groups is 1. The minimum absolute atomic E-state index is 0.139. The van der Waals surface area contributed by atoms with Gasteiger partial charge in [-0.25, -0.2) is 14.2 Å². The van der Waals surface area contributed by atoms with Crippen molar-refractivity contribution in [2.75, 3.05) is 10.7 Å². The molecule has 1 aliphatic heterocycles. The van der Waals surface area contributed by atoms with E-state index in [1.165, 1.54) is 29.2 Å². The zero-order valence-electron chi connectivity index (χ0n) is 17.9. The summed E-state index contributed by atoms with van der Waals surface area (Å²) in [6.07, 6.45) is 1.64. The Kier molecular flexibility index (Phi) is 7.09. The van der Waals surface area contributed by atoms with Crippen LogP contribution in [0, 0.1) is 5.82 Å². The summed E-state index contributed by atoms with van der Waals surface area (Å²) in [4.78, 5) is 42.9. The Morgan fingerprint density at radius 2 is 1.75 bits per heavy atom. The summed E-state index contributed by atoms with van der Waals surface area (Å²) < 4.78 is 13.4. The van der Waals surface area contributed by atoms with Gasteiger partial charge in [0.25, 0.3) is 5.91 Å². The Hall–Kier alpha value is -3.46. The molecule has 2 aromatic carbocycles. The van der Waals surface area contributed by atoms with E-state index in [-0.39, 0.29) is 16.6 Å². The van der Waals surface area contributed by atoms with Crippen LogP contribution in [-0.4, -0.2) is 34.3 Å². The molecule has 32 heavy (non-hydrogen) atoms. The van der Waals surface area contributed by atoms with Gasteiger partial charge < -0.3 is 5.32 Å². The van der Waals surface area contributed by atoms with Crippen molar-refractivity contribution in [3.05, 3.63) is 71.7 Å². The first-order chi connectivity index (χ1) is 15.1. The Morgan fingerprint density at radius 3 is 2.38 bits per heavy atom. The standard InChI is InChI=1S/C23H23FN4O3S/c1-23(2,3)27-21(31)26-19(29)14-32-22-25-18(13-15-7-5-4-6-8-15)20(30)28(22)17-11-9-16(24)10-12-17/h4-13H,14H2,1-3H3,(H2,26,27,29,31). The van der Waals surface area contributed by atoms with Gasteiger partial charge in [-0.15, -0.1) is 0 Å². The fourth-order valence-electron chi connectivity index (χ4n) is 2.78. The number of imide groups is 1. The maximum Gasteiger partial charge on any atom is 0.321 e. The number of rotatable bonds is 4. The van der Waals surface area contributed by atoms with Crippen molar-refractivity contribution < 1.29 is 18.8 Å². The molecular weight excluding hydrogens is 431 g/mol. The zero-order valence-corrected chi connectivity index (χ0v) is 18.7. The molecule has 9 heteroatoms. The molecule has 1 heterocycles. The predicted octanol–water partition coefficient (Wildman–Crippen LogP) is 3.93. The van der Waals surface area contributed by atoms with Crippen LogP contribution in [0.15, 0.2) is 65.3 Å². The smallest absolute Gasteiger partial charge is 0.321 e. The molecule has 3 rings (SSSR count). The normalized spacial score (nSPS) is 15.0. The molecular formula is C23H23FN4O3S. The van der Waals surface area contributed by atoms with Gasteiger partial charge in [-0.3, -0.25) is 19.8 Å². The number of carbonyl (C=O) groups excluding carboxylic acids is 3. The van der Waals surface area contributed by atoms with Crippen molar-refractivity contribution in [1.29, 1.82) is 0 Å². The van der Waals surface area contributed by atoms with Crippen LogP contribution in [0.2, 0.25) is 0 Å². The quantitative estimate of drug-likeness (QED) is 0.685. The molecule has 0 aromatic heterocycles. The highest BCUT2D eigenvalue weighted by Crippen LogP contribution is 2.29. The molecule has 2 N–H and O–H groups in total. The Labute approximate surface area is 189 Å². The lowest BCUT2D eigenvalue weighted by Crippen LogP contribution is -2.48. The lowest BCUT2D eigenvalue weighted by Gasteiger charge is -2.20. The van der Waals surface area contributed by atoms with Crippen LogP contribution < -0.4 is 15.5 Å². The molecule has 0 bridgehead atoms. The van der Waals surface area contributed by atoms with Gasteiger partial charge >= 0.3 is 6.03 Å². The number of halogens is 1. The van der Waals surface area contributed by atoms with Crippen molar-refractivity contribution >= 4 is 46.5 Å². The molecule has 1 aliphatic rings. The first-order valence-electron chi connectivity index (χ1n) is 9.83. The molecule has 0 aliphatic carbocycles. The van der Waals surface area contributed by atoms with Crippen LogP contribution in [0.1, 0.15) is 26.3 Å². The Balaban J connectivity index is 1.79. The average molecular weight is 455 g/mol. The van der Waals surface area contributed by atoms with Crippen LogP contribution in [-0.2, 0) is 9.59 Å². The van der Waals surface area contributed by atoms with Crippen molar-refractivity contribution in [2.45, 2.75) is 26.3 Å². The van der Waals surface area contributed by atoms with Crippen molar-refractivity contribution in [1.82, 2.24) is 10.6 Å². The number of nitrogens with one attached hydrogen (secondary N) is 2. The number of benzene rings is 2. The van der Waals surface area contributed by atoms with Gasteiger partial charge in [0.15, 0.2) is 5.17 Å². The highest BCUT2D eigenvalue weighted by molar-refractivity contribution is 8.14. The number of anilines is 1. The van der Waals surface area contributed by atoms with E-state index in [4.69, 9.17) is 0 Å². The van der Waals surface area contributed by atoms with E-state index in [1.54, 1.807) is 26.8 Å². The fourth-order valence-corrected chi connectivity index (χ4v) is 3.60. The van der Waals surface area contributed by atoms with Crippen LogP contribution in [0.5, 0.6) is 0 Å². The van der Waals surface area contributed by atoms with Gasteiger partial charge in [0.1, 0.15) is 11.5 Å². The molecule has 4 amide bonds. The van der Waals surface area contributed by atoms with E-state index in [1.807, 2.05) is 30.3 Å². The highest BCUT2D eigenvalue weighted by Gasteiger charge is 2.32. The SMILES string of the molecule is CC(C)(C)NC(=O)NC(=O)CSC1=NC(=Cc2ccccc2)C(=O)N1c1ccc(F)cc1. The lowest BCUT2D eigenvalue weighted by atomic mass is 10.1. The summed E-state index contributed by atoms with van der Waals surface area (Å²) in [5, 5.41) is 5.15. The fraction of sp³-hybridized carbons (Fsp3) is 0.217. The van der Waals surface area contributed by atoms with E-state index in [0.717, 1.165) is 17.3 Å². The lowest BCUT2D eigenvalue weighted by molar-refractivity contribution is -0.117. The molecule has 0 atom stereocenters. The molecule has 0 spiro atoms. The van der Waals surface area contributed by atoms with Gasteiger partial charge in [0.05, 0.1) is 11.4 Å². The van der Waals surface area contributed by atoms with Crippen LogP contribution in [0.4, 0.5) is 14.9 Å². The zero-order chi connectivity index (χ0) is 23.3. The second-order valence-corrected chi connectivity index (χ2v) is 8.94. The monoisotopic (exact) mass is 454 g/mol. The number of hydrogen-bond acceptors (Lipinski definition) is 5. The largest absolute Gasteiger partial charge is 0.333 e. The van der Waals surface area contributed by atoms with E-state index < -0.39 is 29.2 Å². The molecule has 0 saturated heterocycles. The number of amidine groups is 1. The molecule has 0 radical (unpaired) electrons. The minimum Gasteiger partial charge on any atom is -0.333 e. The van der Waals surface area contributed by atoms with Crippen molar-refractivity contribution in [3.8, 4) is 0 Å². The van der Waals surface area contributed by atoms with Gasteiger partial charge in [-0.2, -0.15) is 0 Å². The van der Waals surface area contributed by atoms with Gasteiger partial charge in [0, 0.05) is 5.54 Å². The third-order valence-electron chi connectivity index (χ3n) is 4.09. The number of aliphatic imine (C=N–C) groups is 1. The maximum atomic E-state index is 13.4. The van der Waals surface area contributed by atoms with Gasteiger partial charge in [0.2, 0.25) is 5.91 Å². The summed E-state index contributed by atoms with van der Waals surface area (Å²) in [6.45, 7) is 5.39. The second-order valence-electron chi connectivity index (χ2n) is 7.99. The third kappa shape index (κ3) is 6.27. The average Bonchev–Trinajstić information content (AvgIpc) is 3.01. The number of nitrogens with zero attached hydrogens (tertiary/aromatic N) is 2. The van der Waals surface area contributed by atoms with E-state index in [0.29, 0.717) is 5.69 Å². The van der Waals surface area contributed by atoms with Gasteiger partial charge in [-0.1, -0.05) is 42.1 Å².